The molecule has 4 heteroatoms. The van der Waals surface area contributed by atoms with Gasteiger partial charge in [0.1, 0.15) is 0 Å². The summed E-state index contributed by atoms with van der Waals surface area (Å²) in [5.41, 5.74) is 0. The first-order chi connectivity index (χ1) is 7.81. The number of hydrogen-bond donors (Lipinski definition) is 1. The molecule has 2 bridgehead atoms. The monoisotopic (exact) mass is 256 g/mol. The van der Waals surface area contributed by atoms with E-state index >= 15 is 0 Å². The summed E-state index contributed by atoms with van der Waals surface area (Å²) in [5, 5.41) is 3.69. The lowest BCUT2D eigenvalue weighted by Crippen LogP contribution is -2.55. The number of fused-ring (bicyclic) bond motifs is 3. The van der Waals surface area contributed by atoms with Gasteiger partial charge in [0.05, 0.1) is 4.34 Å². The van der Waals surface area contributed by atoms with Crippen LogP contribution in [0.15, 0.2) is 12.1 Å². The molecular weight excluding hydrogens is 240 g/mol. The Bertz CT molecular complexity index is 358. The Morgan fingerprint density at radius 3 is 2.75 bits per heavy atom. The van der Waals surface area contributed by atoms with Crippen molar-refractivity contribution in [3.8, 4) is 0 Å². The SMILES string of the molecule is Clc1ccc(CNC2CN3CCC2CC3)s1. The van der Waals surface area contributed by atoms with Crippen LogP contribution in [0.3, 0.4) is 0 Å². The van der Waals surface area contributed by atoms with Crippen LogP contribution >= 0.6 is 22.9 Å². The van der Waals surface area contributed by atoms with E-state index in [9.17, 15) is 0 Å². The highest BCUT2D eigenvalue weighted by molar-refractivity contribution is 7.16. The van der Waals surface area contributed by atoms with Crippen LogP contribution in [0.25, 0.3) is 0 Å². The lowest BCUT2D eigenvalue weighted by Gasteiger charge is -2.45. The topological polar surface area (TPSA) is 15.3 Å². The van der Waals surface area contributed by atoms with E-state index in [0.29, 0.717) is 6.04 Å². The molecule has 1 aromatic rings. The Balaban J connectivity index is 1.55. The zero-order chi connectivity index (χ0) is 11.0. The zero-order valence-electron chi connectivity index (χ0n) is 9.29. The number of nitrogens with one attached hydrogen (secondary N) is 1. The fraction of sp³-hybridized carbons (Fsp3) is 0.667. The number of halogens is 1. The Labute approximate surface area is 106 Å². The molecule has 0 amide bonds. The highest BCUT2D eigenvalue weighted by Gasteiger charge is 2.33. The molecule has 0 aliphatic carbocycles. The number of rotatable bonds is 3. The molecule has 4 heterocycles. The molecule has 88 valence electrons. The average Bonchev–Trinajstić information content (AvgIpc) is 2.74. The minimum atomic E-state index is 0.698. The van der Waals surface area contributed by atoms with Crippen molar-refractivity contribution in [3.05, 3.63) is 21.3 Å². The van der Waals surface area contributed by atoms with Crippen molar-refractivity contribution < 1.29 is 0 Å². The van der Waals surface area contributed by atoms with Gasteiger partial charge in [-0.15, -0.1) is 11.3 Å². The predicted molar refractivity (Wildman–Crippen MR) is 69.1 cm³/mol. The van der Waals surface area contributed by atoms with Crippen molar-refractivity contribution >= 4 is 22.9 Å². The maximum absolute atomic E-state index is 5.93. The molecule has 0 radical (unpaired) electrons. The average molecular weight is 257 g/mol. The van der Waals surface area contributed by atoms with E-state index in [0.717, 1.165) is 16.8 Å². The summed E-state index contributed by atoms with van der Waals surface area (Å²) >= 11 is 7.61. The minimum Gasteiger partial charge on any atom is -0.308 e. The van der Waals surface area contributed by atoms with Crippen LogP contribution < -0.4 is 5.32 Å². The first kappa shape index (κ1) is 11.0. The van der Waals surface area contributed by atoms with Crippen molar-refractivity contribution in [2.24, 2.45) is 5.92 Å². The second kappa shape index (κ2) is 4.65. The number of thiophene rings is 1. The van der Waals surface area contributed by atoms with Gasteiger partial charge in [0.2, 0.25) is 0 Å². The van der Waals surface area contributed by atoms with Gasteiger partial charge in [-0.25, -0.2) is 0 Å². The predicted octanol–water partition coefficient (Wildman–Crippen LogP) is 2.59. The van der Waals surface area contributed by atoms with Gasteiger partial charge in [-0.3, -0.25) is 0 Å². The fourth-order valence-electron chi connectivity index (χ4n) is 2.87. The molecule has 1 N–H and O–H groups in total. The van der Waals surface area contributed by atoms with Crippen molar-refractivity contribution in [2.45, 2.75) is 25.4 Å². The highest BCUT2D eigenvalue weighted by Crippen LogP contribution is 2.28. The molecule has 0 spiro atoms. The van der Waals surface area contributed by atoms with Gasteiger partial charge in [0.25, 0.3) is 0 Å². The first-order valence-corrected chi connectivity index (χ1v) is 7.20. The molecule has 3 fully saturated rings. The van der Waals surface area contributed by atoms with Crippen molar-refractivity contribution in [2.75, 3.05) is 19.6 Å². The quantitative estimate of drug-likeness (QED) is 0.894. The van der Waals surface area contributed by atoms with Gasteiger partial charge in [0, 0.05) is 24.0 Å². The largest absolute Gasteiger partial charge is 0.308 e. The van der Waals surface area contributed by atoms with Gasteiger partial charge in [-0.05, 0) is 44.0 Å². The molecule has 1 unspecified atom stereocenters. The molecular formula is C12H17ClN2S. The molecule has 1 atom stereocenters. The minimum absolute atomic E-state index is 0.698. The van der Waals surface area contributed by atoms with Crippen molar-refractivity contribution in [3.63, 3.8) is 0 Å². The summed E-state index contributed by atoms with van der Waals surface area (Å²) in [6.45, 7) is 4.84. The van der Waals surface area contributed by atoms with E-state index in [1.165, 1.54) is 37.4 Å². The molecule has 1 aromatic heterocycles. The van der Waals surface area contributed by atoms with Gasteiger partial charge in [0.15, 0.2) is 0 Å². The second-order valence-electron chi connectivity index (χ2n) is 4.83. The van der Waals surface area contributed by atoms with Crippen molar-refractivity contribution in [1.82, 2.24) is 10.2 Å². The Morgan fingerprint density at radius 1 is 1.38 bits per heavy atom. The van der Waals surface area contributed by atoms with Gasteiger partial charge < -0.3 is 10.2 Å². The molecule has 3 aliphatic heterocycles. The Hall–Kier alpha value is -0.0900. The summed E-state index contributed by atoms with van der Waals surface area (Å²) < 4.78 is 0.894. The lowest BCUT2D eigenvalue weighted by molar-refractivity contribution is 0.0721. The summed E-state index contributed by atoms with van der Waals surface area (Å²) in [6, 6.07) is 4.81. The molecule has 3 aliphatic rings. The van der Waals surface area contributed by atoms with Crippen LogP contribution in [-0.2, 0) is 6.54 Å². The molecule has 0 aromatic carbocycles. The standard InChI is InChI=1S/C12H17ClN2S/c13-12-2-1-10(16-12)7-14-11-8-15-5-3-9(11)4-6-15/h1-2,9,11,14H,3-8H2. The van der Waals surface area contributed by atoms with Crippen molar-refractivity contribution in [1.29, 1.82) is 0 Å². The van der Waals surface area contributed by atoms with Crippen LogP contribution in [0.2, 0.25) is 4.34 Å². The lowest BCUT2D eigenvalue weighted by atomic mass is 9.84. The summed E-state index contributed by atoms with van der Waals surface area (Å²) in [7, 11) is 0. The summed E-state index contributed by atoms with van der Waals surface area (Å²) in [6.07, 6.45) is 2.76. The van der Waals surface area contributed by atoms with E-state index in [1.54, 1.807) is 11.3 Å². The maximum Gasteiger partial charge on any atom is 0.0931 e. The Morgan fingerprint density at radius 2 is 2.19 bits per heavy atom. The third kappa shape index (κ3) is 2.28. The van der Waals surface area contributed by atoms with Crippen LogP contribution in [0.5, 0.6) is 0 Å². The smallest absolute Gasteiger partial charge is 0.0931 e. The highest BCUT2D eigenvalue weighted by atomic mass is 35.5. The third-order valence-corrected chi connectivity index (χ3v) is 5.05. The second-order valence-corrected chi connectivity index (χ2v) is 6.63. The van der Waals surface area contributed by atoms with Gasteiger partial charge in [-0.2, -0.15) is 0 Å². The van der Waals surface area contributed by atoms with E-state index in [1.807, 2.05) is 6.07 Å². The maximum atomic E-state index is 5.93. The number of hydrogen-bond acceptors (Lipinski definition) is 3. The molecule has 4 rings (SSSR count). The first-order valence-electron chi connectivity index (χ1n) is 6.01. The van der Waals surface area contributed by atoms with Crippen LogP contribution in [-0.4, -0.2) is 30.6 Å². The summed E-state index contributed by atoms with van der Waals surface area (Å²) in [4.78, 5) is 3.93. The molecule has 3 saturated heterocycles. The molecule has 16 heavy (non-hydrogen) atoms. The van der Waals surface area contributed by atoms with E-state index in [4.69, 9.17) is 11.6 Å². The van der Waals surface area contributed by atoms with E-state index in [2.05, 4.69) is 16.3 Å². The van der Waals surface area contributed by atoms with Gasteiger partial charge in [-0.1, -0.05) is 11.6 Å². The van der Waals surface area contributed by atoms with E-state index < -0.39 is 0 Å². The van der Waals surface area contributed by atoms with E-state index in [-0.39, 0.29) is 0 Å². The number of piperidine rings is 3. The van der Waals surface area contributed by atoms with Crippen LogP contribution in [0.1, 0.15) is 17.7 Å². The van der Waals surface area contributed by atoms with Gasteiger partial charge >= 0.3 is 0 Å². The zero-order valence-corrected chi connectivity index (χ0v) is 10.9. The van der Waals surface area contributed by atoms with Crippen LogP contribution in [0.4, 0.5) is 0 Å². The fourth-order valence-corrected chi connectivity index (χ4v) is 3.91. The Kier molecular flexibility index (Phi) is 3.20. The third-order valence-electron chi connectivity index (χ3n) is 3.82. The number of nitrogens with zero attached hydrogens (tertiary/aromatic N) is 1. The normalized spacial score (nSPS) is 33.2. The summed E-state index contributed by atoms with van der Waals surface area (Å²) in [5.74, 6) is 0.903. The molecule has 2 nitrogen and oxygen atoms in total. The van der Waals surface area contributed by atoms with Crippen LogP contribution in [0, 0.1) is 5.92 Å². The molecule has 0 saturated carbocycles.